The predicted molar refractivity (Wildman–Crippen MR) is 95.9 cm³/mol. The van der Waals surface area contributed by atoms with Crippen molar-refractivity contribution >= 4 is 23.5 Å². The number of amides is 3. The van der Waals surface area contributed by atoms with E-state index in [2.05, 4.69) is 10.6 Å². The van der Waals surface area contributed by atoms with Crippen molar-refractivity contribution in [3.05, 3.63) is 34.9 Å². The fraction of sp³-hybridized carbons (Fsp3) is 0.556. The minimum Gasteiger partial charge on any atom is -0.335 e. The monoisotopic (exact) mass is 351 g/mol. The molecule has 0 saturated heterocycles. The lowest BCUT2D eigenvalue weighted by molar-refractivity contribution is -0.124. The number of likely N-dealkylation sites (N-methyl/N-ethyl adjacent to an activating group) is 1. The molecule has 0 unspecified atom stereocenters. The highest BCUT2D eigenvalue weighted by Gasteiger charge is 2.22. The van der Waals surface area contributed by atoms with Gasteiger partial charge in [0, 0.05) is 17.6 Å². The van der Waals surface area contributed by atoms with Crippen LogP contribution in [0.5, 0.6) is 0 Å². The summed E-state index contributed by atoms with van der Waals surface area (Å²) in [5, 5.41) is 6.03. The Labute approximate surface area is 148 Å². The first-order valence-electron chi connectivity index (χ1n) is 8.51. The summed E-state index contributed by atoms with van der Waals surface area (Å²) in [7, 11) is 1.86. The van der Waals surface area contributed by atoms with E-state index in [0.29, 0.717) is 11.6 Å². The smallest absolute Gasteiger partial charge is 0.321 e. The summed E-state index contributed by atoms with van der Waals surface area (Å²) in [5.74, 6) is -0.292. The van der Waals surface area contributed by atoms with Crippen molar-refractivity contribution in [2.75, 3.05) is 7.05 Å². The zero-order valence-electron chi connectivity index (χ0n) is 14.3. The summed E-state index contributed by atoms with van der Waals surface area (Å²) in [6.07, 6.45) is 5.49. The van der Waals surface area contributed by atoms with Crippen LogP contribution in [0.1, 0.15) is 44.6 Å². The SMILES string of the molecule is C[C@@H](C(=O)NC(=O)NC1CCCCC1)N(C)Cc1ccc(Cl)cc1. The zero-order chi connectivity index (χ0) is 17.5. The maximum atomic E-state index is 12.2. The van der Waals surface area contributed by atoms with Crippen LogP contribution >= 0.6 is 11.6 Å². The third-order valence-electron chi connectivity index (χ3n) is 4.56. The molecule has 2 rings (SSSR count). The third kappa shape index (κ3) is 5.80. The van der Waals surface area contributed by atoms with Gasteiger partial charge in [-0.15, -0.1) is 0 Å². The van der Waals surface area contributed by atoms with E-state index in [1.54, 1.807) is 6.92 Å². The Morgan fingerprint density at radius 1 is 1.21 bits per heavy atom. The molecule has 0 radical (unpaired) electrons. The molecule has 1 atom stereocenters. The number of rotatable bonds is 5. The summed E-state index contributed by atoms with van der Waals surface area (Å²) in [4.78, 5) is 26.1. The fourth-order valence-corrected chi connectivity index (χ4v) is 3.03. The minimum absolute atomic E-state index is 0.189. The normalized spacial score (nSPS) is 16.7. The number of imide groups is 1. The van der Waals surface area contributed by atoms with Crippen molar-refractivity contribution in [2.24, 2.45) is 0 Å². The molecule has 1 aromatic rings. The summed E-state index contributed by atoms with van der Waals surface area (Å²) in [6, 6.07) is 6.91. The lowest BCUT2D eigenvalue weighted by Crippen LogP contribution is -2.50. The second kappa shape index (κ2) is 9.04. The van der Waals surface area contributed by atoms with Crippen LogP contribution in [0.15, 0.2) is 24.3 Å². The second-order valence-corrected chi connectivity index (χ2v) is 6.95. The Morgan fingerprint density at radius 3 is 2.46 bits per heavy atom. The molecular formula is C18H26ClN3O2. The quantitative estimate of drug-likeness (QED) is 0.855. The molecule has 2 N–H and O–H groups in total. The zero-order valence-corrected chi connectivity index (χ0v) is 15.1. The standard InChI is InChI=1S/C18H26ClN3O2/c1-13(22(2)12-14-8-10-15(19)11-9-14)17(23)21-18(24)20-16-6-4-3-5-7-16/h8-11,13,16H,3-7,12H2,1-2H3,(H2,20,21,23,24)/t13-/m0/s1. The Hall–Kier alpha value is -1.59. The molecule has 1 aliphatic rings. The van der Waals surface area contributed by atoms with E-state index in [4.69, 9.17) is 11.6 Å². The van der Waals surface area contributed by atoms with Gasteiger partial charge in [0.15, 0.2) is 0 Å². The van der Waals surface area contributed by atoms with Gasteiger partial charge in [-0.05, 0) is 44.5 Å². The van der Waals surface area contributed by atoms with Crippen LogP contribution in [0.2, 0.25) is 5.02 Å². The Morgan fingerprint density at radius 2 is 1.83 bits per heavy atom. The highest BCUT2D eigenvalue weighted by atomic mass is 35.5. The van der Waals surface area contributed by atoms with E-state index in [9.17, 15) is 9.59 Å². The van der Waals surface area contributed by atoms with E-state index in [-0.39, 0.29) is 11.9 Å². The van der Waals surface area contributed by atoms with Gasteiger partial charge in [0.05, 0.1) is 6.04 Å². The van der Waals surface area contributed by atoms with Crippen molar-refractivity contribution in [2.45, 2.75) is 57.7 Å². The van der Waals surface area contributed by atoms with Crippen LogP contribution < -0.4 is 10.6 Å². The van der Waals surface area contributed by atoms with E-state index >= 15 is 0 Å². The van der Waals surface area contributed by atoms with Crippen LogP contribution in [0.3, 0.4) is 0 Å². The number of benzene rings is 1. The topological polar surface area (TPSA) is 61.4 Å². The minimum atomic E-state index is -0.405. The van der Waals surface area contributed by atoms with Gasteiger partial charge >= 0.3 is 6.03 Å². The van der Waals surface area contributed by atoms with Gasteiger partial charge in [-0.2, -0.15) is 0 Å². The first-order valence-corrected chi connectivity index (χ1v) is 8.89. The summed E-state index contributed by atoms with van der Waals surface area (Å²) >= 11 is 5.88. The molecule has 1 aromatic carbocycles. The summed E-state index contributed by atoms with van der Waals surface area (Å²) in [5.41, 5.74) is 1.06. The van der Waals surface area contributed by atoms with Gasteiger partial charge in [0.2, 0.25) is 5.91 Å². The van der Waals surface area contributed by atoms with Crippen molar-refractivity contribution in [3.63, 3.8) is 0 Å². The van der Waals surface area contributed by atoms with Gasteiger partial charge in [-0.25, -0.2) is 4.79 Å². The number of urea groups is 1. The number of carbonyl (C=O) groups excluding carboxylic acids is 2. The van der Waals surface area contributed by atoms with Gasteiger partial charge in [0.1, 0.15) is 0 Å². The van der Waals surface area contributed by atoms with E-state index < -0.39 is 12.1 Å². The Kier molecular flexibility index (Phi) is 7.06. The largest absolute Gasteiger partial charge is 0.335 e. The molecule has 0 heterocycles. The summed E-state index contributed by atoms with van der Waals surface area (Å²) < 4.78 is 0. The second-order valence-electron chi connectivity index (χ2n) is 6.52. The highest BCUT2D eigenvalue weighted by Crippen LogP contribution is 2.17. The third-order valence-corrected chi connectivity index (χ3v) is 4.81. The highest BCUT2D eigenvalue weighted by molar-refractivity contribution is 6.30. The van der Waals surface area contributed by atoms with Crippen molar-refractivity contribution in [1.82, 2.24) is 15.5 Å². The first kappa shape index (κ1) is 18.7. The molecule has 1 aliphatic carbocycles. The average Bonchev–Trinajstić information content (AvgIpc) is 2.57. The lowest BCUT2D eigenvalue weighted by atomic mass is 9.96. The van der Waals surface area contributed by atoms with E-state index in [1.807, 2.05) is 36.2 Å². The molecule has 0 aliphatic heterocycles. The molecule has 0 bridgehead atoms. The molecular weight excluding hydrogens is 326 g/mol. The van der Waals surface area contributed by atoms with E-state index in [1.165, 1.54) is 6.42 Å². The number of hydrogen-bond acceptors (Lipinski definition) is 3. The van der Waals surface area contributed by atoms with Crippen LogP contribution in [0, 0.1) is 0 Å². The van der Waals surface area contributed by atoms with Crippen LogP contribution in [0.4, 0.5) is 4.79 Å². The fourth-order valence-electron chi connectivity index (χ4n) is 2.90. The van der Waals surface area contributed by atoms with Crippen LogP contribution in [-0.2, 0) is 11.3 Å². The summed E-state index contributed by atoms with van der Waals surface area (Å²) in [6.45, 7) is 2.40. The first-order chi connectivity index (χ1) is 11.5. The number of halogens is 1. The molecule has 1 fully saturated rings. The average molecular weight is 352 g/mol. The van der Waals surface area contributed by atoms with Crippen LogP contribution in [0.25, 0.3) is 0 Å². The number of nitrogens with one attached hydrogen (secondary N) is 2. The Bertz CT molecular complexity index is 556. The van der Waals surface area contributed by atoms with Gasteiger partial charge in [-0.1, -0.05) is 43.0 Å². The Balaban J connectivity index is 1.79. The molecule has 3 amide bonds. The molecule has 132 valence electrons. The number of nitrogens with zero attached hydrogens (tertiary/aromatic N) is 1. The molecule has 24 heavy (non-hydrogen) atoms. The molecule has 1 saturated carbocycles. The van der Waals surface area contributed by atoms with Gasteiger partial charge in [-0.3, -0.25) is 15.0 Å². The van der Waals surface area contributed by atoms with Crippen molar-refractivity contribution in [3.8, 4) is 0 Å². The van der Waals surface area contributed by atoms with Crippen molar-refractivity contribution < 1.29 is 9.59 Å². The van der Waals surface area contributed by atoms with E-state index in [0.717, 1.165) is 31.2 Å². The predicted octanol–water partition coefficient (Wildman–Crippen LogP) is 3.32. The van der Waals surface area contributed by atoms with Gasteiger partial charge in [0.25, 0.3) is 0 Å². The van der Waals surface area contributed by atoms with Crippen LogP contribution in [-0.4, -0.2) is 36.0 Å². The molecule has 5 nitrogen and oxygen atoms in total. The lowest BCUT2D eigenvalue weighted by Gasteiger charge is -2.25. The molecule has 0 spiro atoms. The number of carbonyl (C=O) groups is 2. The maximum absolute atomic E-state index is 12.2. The maximum Gasteiger partial charge on any atom is 0.321 e. The van der Waals surface area contributed by atoms with Gasteiger partial charge < -0.3 is 5.32 Å². The molecule has 0 aromatic heterocycles. The van der Waals surface area contributed by atoms with Crippen molar-refractivity contribution in [1.29, 1.82) is 0 Å². The molecule has 6 heteroatoms. The number of hydrogen-bond donors (Lipinski definition) is 2.